The van der Waals surface area contributed by atoms with Crippen LogP contribution in [0.15, 0.2) is 48.5 Å². The molecule has 0 aliphatic carbocycles. The SMILES string of the molecule is Oc1ccc(C(c2ccc(O)cc2O)c2ccc(O)c(O)c2O)c(O)c1. The lowest BCUT2D eigenvalue weighted by molar-refractivity contribution is 0.364. The Labute approximate surface area is 147 Å². The molecule has 7 heteroatoms. The molecule has 0 amide bonds. The Bertz CT molecular complexity index is 930. The van der Waals surface area contributed by atoms with E-state index in [-0.39, 0.29) is 39.7 Å². The zero-order chi connectivity index (χ0) is 19.0. The molecule has 0 radical (unpaired) electrons. The molecule has 0 unspecified atom stereocenters. The van der Waals surface area contributed by atoms with E-state index in [4.69, 9.17) is 0 Å². The van der Waals surface area contributed by atoms with Crippen molar-refractivity contribution in [2.75, 3.05) is 0 Å². The summed E-state index contributed by atoms with van der Waals surface area (Å²) in [5.74, 6) is -3.86. The quantitative estimate of drug-likeness (QED) is 0.282. The van der Waals surface area contributed by atoms with Crippen LogP contribution in [0.25, 0.3) is 0 Å². The van der Waals surface area contributed by atoms with Crippen molar-refractivity contribution in [1.82, 2.24) is 0 Å². The van der Waals surface area contributed by atoms with Crippen LogP contribution in [0.2, 0.25) is 0 Å². The van der Waals surface area contributed by atoms with Gasteiger partial charge in [0, 0.05) is 34.7 Å². The van der Waals surface area contributed by atoms with E-state index in [0.717, 1.165) is 18.2 Å². The minimum atomic E-state index is -0.970. The first-order chi connectivity index (χ1) is 12.3. The predicted octanol–water partition coefficient (Wildman–Crippen LogP) is 2.81. The number of hydrogen-bond acceptors (Lipinski definition) is 7. The summed E-state index contributed by atoms with van der Waals surface area (Å²) in [5, 5.41) is 69.3. The Hall–Kier alpha value is -3.74. The van der Waals surface area contributed by atoms with Crippen LogP contribution in [-0.4, -0.2) is 35.7 Å². The van der Waals surface area contributed by atoms with Gasteiger partial charge in [-0.25, -0.2) is 0 Å². The molecule has 3 rings (SSSR count). The van der Waals surface area contributed by atoms with Crippen molar-refractivity contribution in [2.45, 2.75) is 5.92 Å². The van der Waals surface area contributed by atoms with Crippen LogP contribution in [0.3, 0.4) is 0 Å². The Balaban J connectivity index is 2.31. The topological polar surface area (TPSA) is 142 Å². The van der Waals surface area contributed by atoms with E-state index in [1.165, 1.54) is 30.3 Å². The summed E-state index contributed by atoms with van der Waals surface area (Å²) in [6.45, 7) is 0. The molecule has 0 bridgehead atoms. The van der Waals surface area contributed by atoms with Crippen molar-refractivity contribution in [3.63, 3.8) is 0 Å². The van der Waals surface area contributed by atoms with Crippen LogP contribution in [0.1, 0.15) is 22.6 Å². The summed E-state index contributed by atoms with van der Waals surface area (Å²) in [5.41, 5.74) is 0.510. The Morgan fingerprint density at radius 3 is 1.38 bits per heavy atom. The molecule has 0 atom stereocenters. The van der Waals surface area contributed by atoms with Crippen LogP contribution in [-0.2, 0) is 0 Å². The third kappa shape index (κ3) is 2.86. The molecule has 0 fully saturated rings. The average Bonchev–Trinajstić information content (AvgIpc) is 2.58. The standard InChI is InChI=1S/C19H16O7/c20-9-1-3-11(15(23)7-9)17(12-4-2-10(21)8-16(12)24)13-5-6-14(22)19(26)18(13)25/h1-8,17,20-26H. The number of hydrogen-bond donors (Lipinski definition) is 7. The molecule has 3 aromatic rings. The third-order valence-corrected chi connectivity index (χ3v) is 4.12. The highest BCUT2D eigenvalue weighted by molar-refractivity contribution is 5.62. The number of phenolic OH excluding ortho intramolecular Hbond substituents is 7. The second-order valence-electron chi connectivity index (χ2n) is 5.79. The van der Waals surface area contributed by atoms with Crippen molar-refractivity contribution in [1.29, 1.82) is 0 Å². The molecule has 0 saturated heterocycles. The highest BCUT2D eigenvalue weighted by Gasteiger charge is 2.27. The second-order valence-corrected chi connectivity index (χ2v) is 5.79. The van der Waals surface area contributed by atoms with Gasteiger partial charge in [-0.3, -0.25) is 0 Å². The highest BCUT2D eigenvalue weighted by atomic mass is 16.3. The van der Waals surface area contributed by atoms with E-state index in [9.17, 15) is 35.7 Å². The van der Waals surface area contributed by atoms with E-state index in [2.05, 4.69) is 0 Å². The van der Waals surface area contributed by atoms with Crippen molar-refractivity contribution >= 4 is 0 Å². The number of rotatable bonds is 3. The molecule has 0 aliphatic rings. The van der Waals surface area contributed by atoms with E-state index in [0.29, 0.717) is 0 Å². The largest absolute Gasteiger partial charge is 0.508 e. The summed E-state index contributed by atoms with van der Waals surface area (Å²) in [4.78, 5) is 0. The average molecular weight is 356 g/mol. The van der Waals surface area contributed by atoms with E-state index >= 15 is 0 Å². The zero-order valence-electron chi connectivity index (χ0n) is 13.3. The lowest BCUT2D eigenvalue weighted by atomic mass is 9.83. The van der Waals surface area contributed by atoms with Gasteiger partial charge in [0.1, 0.15) is 23.0 Å². The zero-order valence-corrected chi connectivity index (χ0v) is 13.3. The Morgan fingerprint density at radius 1 is 0.462 bits per heavy atom. The van der Waals surface area contributed by atoms with Gasteiger partial charge in [-0.15, -0.1) is 0 Å². The summed E-state index contributed by atoms with van der Waals surface area (Å²) < 4.78 is 0. The lowest BCUT2D eigenvalue weighted by Crippen LogP contribution is -2.05. The smallest absolute Gasteiger partial charge is 0.200 e. The summed E-state index contributed by atoms with van der Waals surface area (Å²) in [6, 6.07) is 10.1. The van der Waals surface area contributed by atoms with Gasteiger partial charge in [-0.05, 0) is 18.2 Å². The van der Waals surface area contributed by atoms with Gasteiger partial charge in [0.15, 0.2) is 11.5 Å². The molecule has 0 aromatic heterocycles. The third-order valence-electron chi connectivity index (χ3n) is 4.12. The van der Waals surface area contributed by atoms with Crippen LogP contribution < -0.4 is 0 Å². The second kappa shape index (κ2) is 6.29. The summed E-state index contributed by atoms with van der Waals surface area (Å²) in [7, 11) is 0. The van der Waals surface area contributed by atoms with Crippen LogP contribution in [0, 0.1) is 0 Å². The summed E-state index contributed by atoms with van der Waals surface area (Å²) >= 11 is 0. The minimum absolute atomic E-state index is 0.0854. The van der Waals surface area contributed by atoms with Gasteiger partial charge in [0.2, 0.25) is 5.75 Å². The van der Waals surface area contributed by atoms with Gasteiger partial charge < -0.3 is 35.7 Å². The molecule has 0 saturated carbocycles. The number of benzene rings is 3. The monoisotopic (exact) mass is 356 g/mol. The van der Waals surface area contributed by atoms with Crippen molar-refractivity contribution in [3.8, 4) is 40.2 Å². The van der Waals surface area contributed by atoms with Gasteiger partial charge in [0.25, 0.3) is 0 Å². The normalized spacial score (nSPS) is 11.0. The Morgan fingerprint density at radius 2 is 0.923 bits per heavy atom. The van der Waals surface area contributed by atoms with Crippen LogP contribution in [0.4, 0.5) is 0 Å². The number of aromatic hydroxyl groups is 7. The van der Waals surface area contributed by atoms with Gasteiger partial charge in [0.05, 0.1) is 0 Å². The first kappa shape index (κ1) is 17.1. The van der Waals surface area contributed by atoms with Gasteiger partial charge >= 0.3 is 0 Å². The molecule has 0 spiro atoms. The van der Waals surface area contributed by atoms with Crippen LogP contribution in [0.5, 0.6) is 40.2 Å². The molecule has 134 valence electrons. The molecular formula is C19H16O7. The van der Waals surface area contributed by atoms with Crippen LogP contribution >= 0.6 is 0 Å². The molecule has 7 N–H and O–H groups in total. The maximum absolute atomic E-state index is 10.3. The van der Waals surface area contributed by atoms with E-state index < -0.39 is 23.2 Å². The first-order valence-electron chi connectivity index (χ1n) is 7.57. The molecule has 7 nitrogen and oxygen atoms in total. The maximum Gasteiger partial charge on any atom is 0.200 e. The maximum atomic E-state index is 10.3. The molecular weight excluding hydrogens is 340 g/mol. The fraction of sp³-hybridized carbons (Fsp3) is 0.0526. The number of phenols is 7. The molecule has 26 heavy (non-hydrogen) atoms. The molecule has 0 aliphatic heterocycles. The van der Waals surface area contributed by atoms with E-state index in [1.807, 2.05) is 0 Å². The first-order valence-corrected chi connectivity index (χ1v) is 7.57. The molecule has 0 heterocycles. The van der Waals surface area contributed by atoms with Crippen molar-refractivity contribution in [2.24, 2.45) is 0 Å². The van der Waals surface area contributed by atoms with Crippen molar-refractivity contribution < 1.29 is 35.7 Å². The Kier molecular flexibility index (Phi) is 4.13. The fourth-order valence-electron chi connectivity index (χ4n) is 2.87. The van der Waals surface area contributed by atoms with E-state index in [1.54, 1.807) is 0 Å². The molecule has 3 aromatic carbocycles. The fourth-order valence-corrected chi connectivity index (χ4v) is 2.87. The summed E-state index contributed by atoms with van der Waals surface area (Å²) in [6.07, 6.45) is 0. The van der Waals surface area contributed by atoms with Gasteiger partial charge in [-0.2, -0.15) is 0 Å². The van der Waals surface area contributed by atoms with Gasteiger partial charge in [-0.1, -0.05) is 18.2 Å². The van der Waals surface area contributed by atoms with Crippen molar-refractivity contribution in [3.05, 3.63) is 65.2 Å². The lowest BCUT2D eigenvalue weighted by Gasteiger charge is -2.22. The predicted molar refractivity (Wildman–Crippen MR) is 91.9 cm³/mol. The highest BCUT2D eigenvalue weighted by Crippen LogP contribution is 2.48. The minimum Gasteiger partial charge on any atom is -0.508 e.